The summed E-state index contributed by atoms with van der Waals surface area (Å²) in [6.45, 7) is 0.885. The number of carbonyl (C=O) groups excluding carboxylic acids is 1. The predicted octanol–water partition coefficient (Wildman–Crippen LogP) is 5.84. The van der Waals surface area contributed by atoms with Crippen molar-refractivity contribution >= 4 is 45.0 Å². The maximum absolute atomic E-state index is 12.6. The highest BCUT2D eigenvalue weighted by Crippen LogP contribution is 2.31. The second-order valence-electron chi connectivity index (χ2n) is 8.40. The summed E-state index contributed by atoms with van der Waals surface area (Å²) in [6.07, 6.45) is 2.14. The van der Waals surface area contributed by atoms with Gasteiger partial charge in [-0.3, -0.25) is 4.79 Å². The van der Waals surface area contributed by atoms with E-state index in [-0.39, 0.29) is 12.5 Å². The largest absolute Gasteiger partial charge is 0.396 e. The van der Waals surface area contributed by atoms with E-state index in [1.165, 1.54) is 0 Å². The molecule has 5 rings (SSSR count). The van der Waals surface area contributed by atoms with Crippen molar-refractivity contribution in [3.05, 3.63) is 77.6 Å². The van der Waals surface area contributed by atoms with Crippen LogP contribution in [0.15, 0.2) is 71.3 Å². The van der Waals surface area contributed by atoms with Gasteiger partial charge in [0.15, 0.2) is 0 Å². The van der Waals surface area contributed by atoms with Crippen LogP contribution in [0.25, 0.3) is 33.2 Å². The number of halogens is 1. The lowest BCUT2D eigenvalue weighted by Gasteiger charge is -2.08. The van der Waals surface area contributed by atoms with Gasteiger partial charge in [-0.1, -0.05) is 35.0 Å². The molecule has 178 valence electrons. The van der Waals surface area contributed by atoms with Crippen LogP contribution in [0, 0.1) is 0 Å². The first-order chi connectivity index (χ1) is 17.1. The molecule has 2 N–H and O–H groups in total. The minimum atomic E-state index is -0.0641. The normalized spacial score (nSPS) is 11.4. The molecule has 1 amide bonds. The average Bonchev–Trinajstić information content (AvgIpc) is 3.46. The van der Waals surface area contributed by atoms with E-state index in [0.717, 1.165) is 39.6 Å². The molecule has 0 saturated carbocycles. The van der Waals surface area contributed by atoms with Gasteiger partial charge in [-0.25, -0.2) is 0 Å². The Morgan fingerprint density at radius 1 is 1.00 bits per heavy atom. The SMILES string of the molecule is O=C(CCCc1nc(-c2ccc(Cl)cc2)no1)Nc1ccc2c(c1)c1ccccc1n2CCCO. The fourth-order valence-electron chi connectivity index (χ4n) is 4.30. The van der Waals surface area contributed by atoms with Gasteiger partial charge >= 0.3 is 0 Å². The van der Waals surface area contributed by atoms with Crippen LogP contribution in [0.2, 0.25) is 5.02 Å². The number of aliphatic hydroxyl groups excluding tert-OH is 1. The molecule has 0 fully saturated rings. The van der Waals surface area contributed by atoms with Crippen molar-refractivity contribution in [2.45, 2.75) is 32.2 Å². The lowest BCUT2D eigenvalue weighted by Crippen LogP contribution is -2.11. The third-order valence-corrected chi connectivity index (χ3v) is 6.21. The molecule has 5 aromatic rings. The summed E-state index contributed by atoms with van der Waals surface area (Å²) in [5.41, 5.74) is 3.80. The van der Waals surface area contributed by atoms with E-state index >= 15 is 0 Å². The van der Waals surface area contributed by atoms with Gasteiger partial charge < -0.3 is 19.5 Å². The van der Waals surface area contributed by atoms with Gasteiger partial charge in [0, 0.05) is 64.1 Å². The van der Waals surface area contributed by atoms with E-state index in [4.69, 9.17) is 16.1 Å². The Morgan fingerprint density at radius 2 is 1.80 bits per heavy atom. The number of para-hydroxylation sites is 1. The van der Waals surface area contributed by atoms with Gasteiger partial charge in [0.2, 0.25) is 17.6 Å². The average molecular weight is 489 g/mol. The number of aromatic nitrogens is 3. The first kappa shape index (κ1) is 23.1. The Balaban J connectivity index is 1.22. The number of anilines is 1. The van der Waals surface area contributed by atoms with Gasteiger partial charge in [0.05, 0.1) is 0 Å². The van der Waals surface area contributed by atoms with Crippen LogP contribution < -0.4 is 5.32 Å². The van der Waals surface area contributed by atoms with Gasteiger partial charge in [-0.2, -0.15) is 4.98 Å². The summed E-state index contributed by atoms with van der Waals surface area (Å²) in [4.78, 5) is 17.0. The zero-order chi connectivity index (χ0) is 24.2. The summed E-state index contributed by atoms with van der Waals surface area (Å²) >= 11 is 5.92. The van der Waals surface area contributed by atoms with Crippen molar-refractivity contribution in [2.24, 2.45) is 0 Å². The zero-order valence-corrected chi connectivity index (χ0v) is 19.8. The van der Waals surface area contributed by atoms with Crippen LogP contribution in [-0.4, -0.2) is 32.3 Å². The van der Waals surface area contributed by atoms with E-state index in [2.05, 4.69) is 32.2 Å². The number of carbonyl (C=O) groups is 1. The van der Waals surface area contributed by atoms with Crippen LogP contribution in [-0.2, 0) is 17.8 Å². The lowest BCUT2D eigenvalue weighted by atomic mass is 10.1. The topological polar surface area (TPSA) is 93.2 Å². The van der Waals surface area contributed by atoms with E-state index < -0.39 is 0 Å². The van der Waals surface area contributed by atoms with Gasteiger partial charge in [-0.15, -0.1) is 0 Å². The molecule has 2 aromatic heterocycles. The molecule has 0 saturated heterocycles. The number of rotatable bonds is 9. The van der Waals surface area contributed by atoms with Gasteiger partial charge in [-0.05, 0) is 61.4 Å². The fourth-order valence-corrected chi connectivity index (χ4v) is 4.42. The molecule has 2 heterocycles. The molecule has 0 aliphatic heterocycles. The summed E-state index contributed by atoms with van der Waals surface area (Å²) < 4.78 is 7.54. The molecule has 0 spiro atoms. The highest BCUT2D eigenvalue weighted by Gasteiger charge is 2.13. The molecular formula is C27H25ClN4O3. The predicted molar refractivity (Wildman–Crippen MR) is 137 cm³/mol. The standard InChI is InChI=1S/C27H25ClN4O3/c28-19-11-9-18(10-12-19)27-30-26(35-31-27)8-3-7-25(34)29-20-13-14-24-22(17-20)21-5-1-2-6-23(21)32(24)15-4-16-33/h1-2,5-6,9-14,17,33H,3-4,7-8,15-16H2,(H,29,34). The van der Waals surface area contributed by atoms with Gasteiger partial charge in [0.25, 0.3) is 0 Å². The smallest absolute Gasteiger partial charge is 0.226 e. The van der Waals surface area contributed by atoms with E-state index in [1.807, 2.05) is 42.5 Å². The first-order valence-corrected chi connectivity index (χ1v) is 12.0. The summed E-state index contributed by atoms with van der Waals surface area (Å²) in [5.74, 6) is 0.943. The van der Waals surface area contributed by atoms with E-state index in [1.54, 1.807) is 12.1 Å². The third kappa shape index (κ3) is 5.06. The van der Waals surface area contributed by atoms with Gasteiger partial charge in [0.1, 0.15) is 0 Å². The number of amides is 1. The Hall–Kier alpha value is -3.68. The summed E-state index contributed by atoms with van der Waals surface area (Å²) in [6, 6.07) is 21.4. The fraction of sp³-hybridized carbons (Fsp3) is 0.222. The minimum absolute atomic E-state index is 0.0641. The van der Waals surface area contributed by atoms with E-state index in [0.29, 0.717) is 42.4 Å². The first-order valence-electron chi connectivity index (χ1n) is 11.6. The molecule has 0 aliphatic carbocycles. The number of hydrogen-bond acceptors (Lipinski definition) is 5. The van der Waals surface area contributed by atoms with Crippen LogP contribution >= 0.6 is 11.6 Å². The Morgan fingerprint density at radius 3 is 2.63 bits per heavy atom. The number of aryl methyl sites for hydroxylation is 2. The Labute approximate surface area is 207 Å². The van der Waals surface area contributed by atoms with Crippen molar-refractivity contribution in [3.63, 3.8) is 0 Å². The molecule has 0 aliphatic rings. The second-order valence-corrected chi connectivity index (χ2v) is 8.83. The van der Waals surface area contributed by atoms with Crippen LogP contribution in [0.5, 0.6) is 0 Å². The molecule has 3 aromatic carbocycles. The Bertz CT molecular complexity index is 1470. The molecule has 8 heteroatoms. The molecule has 0 atom stereocenters. The number of nitrogens with zero attached hydrogens (tertiary/aromatic N) is 3. The van der Waals surface area contributed by atoms with Crippen LogP contribution in [0.3, 0.4) is 0 Å². The summed E-state index contributed by atoms with van der Waals surface area (Å²) in [5, 5.41) is 19.2. The number of nitrogens with one attached hydrogen (secondary N) is 1. The summed E-state index contributed by atoms with van der Waals surface area (Å²) in [7, 11) is 0. The van der Waals surface area contributed by atoms with Crippen LogP contribution in [0.4, 0.5) is 5.69 Å². The number of fused-ring (bicyclic) bond motifs is 3. The third-order valence-electron chi connectivity index (χ3n) is 5.96. The Kier molecular flexibility index (Phi) is 6.79. The van der Waals surface area contributed by atoms with Crippen molar-refractivity contribution in [2.75, 3.05) is 11.9 Å². The van der Waals surface area contributed by atoms with Crippen molar-refractivity contribution < 1.29 is 14.4 Å². The quantitative estimate of drug-likeness (QED) is 0.272. The minimum Gasteiger partial charge on any atom is -0.396 e. The maximum atomic E-state index is 12.6. The molecule has 0 unspecified atom stereocenters. The highest BCUT2D eigenvalue weighted by molar-refractivity contribution is 6.30. The highest BCUT2D eigenvalue weighted by atomic mass is 35.5. The number of hydrogen-bond donors (Lipinski definition) is 2. The zero-order valence-electron chi connectivity index (χ0n) is 19.1. The van der Waals surface area contributed by atoms with Crippen molar-refractivity contribution in [1.82, 2.24) is 14.7 Å². The molecule has 0 bridgehead atoms. The monoisotopic (exact) mass is 488 g/mol. The second kappa shape index (κ2) is 10.3. The molecule has 0 radical (unpaired) electrons. The lowest BCUT2D eigenvalue weighted by molar-refractivity contribution is -0.116. The molecule has 35 heavy (non-hydrogen) atoms. The van der Waals surface area contributed by atoms with Crippen LogP contribution in [0.1, 0.15) is 25.2 Å². The number of benzene rings is 3. The van der Waals surface area contributed by atoms with Crippen molar-refractivity contribution in [3.8, 4) is 11.4 Å². The maximum Gasteiger partial charge on any atom is 0.226 e. The molecular weight excluding hydrogens is 464 g/mol. The van der Waals surface area contributed by atoms with Crippen molar-refractivity contribution in [1.29, 1.82) is 0 Å². The molecule has 7 nitrogen and oxygen atoms in total. The number of aliphatic hydroxyl groups is 1. The van der Waals surface area contributed by atoms with E-state index in [9.17, 15) is 9.90 Å².